The minimum Gasteiger partial charge on any atom is -0.332 e. The van der Waals surface area contributed by atoms with Gasteiger partial charge in [0, 0.05) is 19.6 Å². The van der Waals surface area contributed by atoms with Crippen LogP contribution in [0.25, 0.3) is 0 Å². The summed E-state index contributed by atoms with van der Waals surface area (Å²) in [5.41, 5.74) is 1.21. The van der Waals surface area contributed by atoms with Crippen LogP contribution in [-0.2, 0) is 4.79 Å². The molecule has 0 bridgehead atoms. The first kappa shape index (κ1) is 14.0. The molecular formula is C15H23N3O. The Morgan fingerprint density at radius 3 is 2.95 bits per heavy atom. The highest BCUT2D eigenvalue weighted by Crippen LogP contribution is 2.21. The van der Waals surface area contributed by atoms with Crippen LogP contribution in [0, 0.1) is 0 Å². The maximum absolute atomic E-state index is 12.3. The summed E-state index contributed by atoms with van der Waals surface area (Å²) in [6, 6.07) is 10.4. The lowest BCUT2D eigenvalue weighted by atomic mass is 10.0. The van der Waals surface area contributed by atoms with Gasteiger partial charge in [-0.05, 0) is 18.5 Å². The number of nitrogens with one attached hydrogen (secondary N) is 2. The van der Waals surface area contributed by atoms with E-state index in [-0.39, 0.29) is 11.9 Å². The SMILES string of the molecule is CCCNCC(=O)N1CCNCC1c1ccccc1. The van der Waals surface area contributed by atoms with E-state index in [4.69, 9.17) is 0 Å². The van der Waals surface area contributed by atoms with E-state index in [9.17, 15) is 4.79 Å². The molecule has 1 saturated heterocycles. The normalized spacial score (nSPS) is 19.4. The van der Waals surface area contributed by atoms with Gasteiger partial charge in [0.05, 0.1) is 12.6 Å². The smallest absolute Gasteiger partial charge is 0.237 e. The van der Waals surface area contributed by atoms with Gasteiger partial charge in [-0.15, -0.1) is 0 Å². The Kier molecular flexibility index (Phi) is 5.36. The molecule has 1 unspecified atom stereocenters. The maximum Gasteiger partial charge on any atom is 0.237 e. The number of carbonyl (C=O) groups is 1. The summed E-state index contributed by atoms with van der Waals surface area (Å²) in [5, 5.41) is 6.56. The van der Waals surface area contributed by atoms with Crippen molar-refractivity contribution in [1.82, 2.24) is 15.5 Å². The highest BCUT2D eigenvalue weighted by Gasteiger charge is 2.27. The first-order valence-electron chi connectivity index (χ1n) is 7.08. The standard InChI is InChI=1S/C15H23N3O/c1-2-8-16-12-15(19)18-10-9-17-11-14(18)13-6-4-3-5-7-13/h3-7,14,16-17H,2,8-12H2,1H3. The van der Waals surface area contributed by atoms with Crippen molar-refractivity contribution in [2.45, 2.75) is 19.4 Å². The van der Waals surface area contributed by atoms with Gasteiger partial charge in [0.2, 0.25) is 5.91 Å². The minimum atomic E-state index is 0.158. The molecular weight excluding hydrogens is 238 g/mol. The average Bonchev–Trinajstić information content (AvgIpc) is 2.48. The molecule has 0 aromatic heterocycles. The molecule has 1 aliphatic rings. The maximum atomic E-state index is 12.3. The molecule has 4 nitrogen and oxygen atoms in total. The van der Waals surface area contributed by atoms with Crippen molar-refractivity contribution in [2.75, 3.05) is 32.7 Å². The Morgan fingerprint density at radius 1 is 1.42 bits per heavy atom. The number of rotatable bonds is 5. The van der Waals surface area contributed by atoms with Gasteiger partial charge in [-0.3, -0.25) is 4.79 Å². The molecule has 0 spiro atoms. The van der Waals surface area contributed by atoms with Crippen LogP contribution < -0.4 is 10.6 Å². The van der Waals surface area contributed by atoms with E-state index in [2.05, 4.69) is 29.7 Å². The van der Waals surface area contributed by atoms with E-state index >= 15 is 0 Å². The molecule has 1 aliphatic heterocycles. The topological polar surface area (TPSA) is 44.4 Å². The molecule has 1 amide bonds. The molecule has 0 saturated carbocycles. The molecule has 1 fully saturated rings. The zero-order valence-corrected chi connectivity index (χ0v) is 11.6. The molecule has 2 rings (SSSR count). The zero-order chi connectivity index (χ0) is 13.5. The van der Waals surface area contributed by atoms with Crippen molar-refractivity contribution in [2.24, 2.45) is 0 Å². The van der Waals surface area contributed by atoms with Crippen molar-refractivity contribution in [1.29, 1.82) is 0 Å². The van der Waals surface area contributed by atoms with Crippen LogP contribution in [-0.4, -0.2) is 43.5 Å². The second kappa shape index (κ2) is 7.26. The van der Waals surface area contributed by atoms with Gasteiger partial charge in [0.25, 0.3) is 0 Å². The average molecular weight is 261 g/mol. The Labute approximate surface area is 115 Å². The third-order valence-corrected chi connectivity index (χ3v) is 3.45. The molecule has 19 heavy (non-hydrogen) atoms. The first-order valence-corrected chi connectivity index (χ1v) is 7.08. The summed E-state index contributed by atoms with van der Waals surface area (Å²) < 4.78 is 0. The third-order valence-electron chi connectivity index (χ3n) is 3.45. The number of hydrogen-bond acceptors (Lipinski definition) is 3. The van der Waals surface area contributed by atoms with E-state index in [1.54, 1.807) is 0 Å². The largest absolute Gasteiger partial charge is 0.332 e. The predicted molar refractivity (Wildman–Crippen MR) is 76.9 cm³/mol. The number of benzene rings is 1. The number of amides is 1. The number of hydrogen-bond donors (Lipinski definition) is 2. The number of carbonyl (C=O) groups excluding carboxylic acids is 1. The first-order chi connectivity index (χ1) is 9.33. The molecule has 4 heteroatoms. The van der Waals surface area contributed by atoms with Gasteiger partial charge < -0.3 is 15.5 Å². The van der Waals surface area contributed by atoms with E-state index in [0.717, 1.165) is 32.6 Å². The summed E-state index contributed by atoms with van der Waals surface area (Å²) in [4.78, 5) is 14.3. The number of piperazine rings is 1. The van der Waals surface area contributed by atoms with Crippen LogP contribution in [0.4, 0.5) is 0 Å². The molecule has 0 radical (unpaired) electrons. The van der Waals surface area contributed by atoms with Gasteiger partial charge in [-0.2, -0.15) is 0 Å². The Hall–Kier alpha value is -1.39. The Morgan fingerprint density at radius 2 is 2.21 bits per heavy atom. The van der Waals surface area contributed by atoms with Gasteiger partial charge >= 0.3 is 0 Å². The third kappa shape index (κ3) is 3.78. The molecule has 2 N–H and O–H groups in total. The zero-order valence-electron chi connectivity index (χ0n) is 11.6. The van der Waals surface area contributed by atoms with Crippen LogP contribution >= 0.6 is 0 Å². The van der Waals surface area contributed by atoms with Crippen LogP contribution in [0.3, 0.4) is 0 Å². The van der Waals surface area contributed by atoms with Crippen LogP contribution in [0.15, 0.2) is 30.3 Å². The van der Waals surface area contributed by atoms with Gasteiger partial charge in [0.15, 0.2) is 0 Å². The Balaban J connectivity index is 2.01. The monoisotopic (exact) mass is 261 g/mol. The summed E-state index contributed by atoms with van der Waals surface area (Å²) in [5.74, 6) is 0.198. The molecule has 1 heterocycles. The molecule has 1 atom stereocenters. The summed E-state index contributed by atoms with van der Waals surface area (Å²) in [6.07, 6.45) is 1.05. The molecule has 104 valence electrons. The van der Waals surface area contributed by atoms with Crippen LogP contribution in [0.5, 0.6) is 0 Å². The quantitative estimate of drug-likeness (QED) is 0.782. The summed E-state index contributed by atoms with van der Waals surface area (Å²) in [6.45, 7) is 5.94. The highest BCUT2D eigenvalue weighted by atomic mass is 16.2. The Bertz CT molecular complexity index is 394. The second-order valence-corrected chi connectivity index (χ2v) is 4.89. The minimum absolute atomic E-state index is 0.158. The second-order valence-electron chi connectivity index (χ2n) is 4.89. The lowest BCUT2D eigenvalue weighted by Gasteiger charge is -2.36. The fourth-order valence-corrected chi connectivity index (χ4v) is 2.45. The van der Waals surface area contributed by atoms with Crippen LogP contribution in [0.1, 0.15) is 24.9 Å². The van der Waals surface area contributed by atoms with Crippen molar-refractivity contribution >= 4 is 5.91 Å². The van der Waals surface area contributed by atoms with E-state index in [0.29, 0.717) is 6.54 Å². The molecule has 1 aromatic rings. The lowest BCUT2D eigenvalue weighted by molar-refractivity contribution is -0.133. The molecule has 0 aliphatic carbocycles. The van der Waals surface area contributed by atoms with Crippen LogP contribution in [0.2, 0.25) is 0 Å². The van der Waals surface area contributed by atoms with E-state index < -0.39 is 0 Å². The van der Waals surface area contributed by atoms with Crippen molar-refractivity contribution in [3.8, 4) is 0 Å². The van der Waals surface area contributed by atoms with Gasteiger partial charge in [-0.1, -0.05) is 37.3 Å². The van der Waals surface area contributed by atoms with E-state index in [1.807, 2.05) is 23.1 Å². The fraction of sp³-hybridized carbons (Fsp3) is 0.533. The van der Waals surface area contributed by atoms with Gasteiger partial charge in [0.1, 0.15) is 0 Å². The molecule has 1 aromatic carbocycles. The highest BCUT2D eigenvalue weighted by molar-refractivity contribution is 5.79. The van der Waals surface area contributed by atoms with Crippen molar-refractivity contribution in [3.63, 3.8) is 0 Å². The van der Waals surface area contributed by atoms with E-state index in [1.165, 1.54) is 5.56 Å². The summed E-state index contributed by atoms with van der Waals surface area (Å²) in [7, 11) is 0. The van der Waals surface area contributed by atoms with Gasteiger partial charge in [-0.25, -0.2) is 0 Å². The van der Waals surface area contributed by atoms with Crippen molar-refractivity contribution in [3.05, 3.63) is 35.9 Å². The number of nitrogens with zero attached hydrogens (tertiary/aromatic N) is 1. The fourth-order valence-electron chi connectivity index (χ4n) is 2.45. The summed E-state index contributed by atoms with van der Waals surface area (Å²) >= 11 is 0. The van der Waals surface area contributed by atoms with Crippen molar-refractivity contribution < 1.29 is 4.79 Å². The predicted octanol–water partition coefficient (Wildman–Crippen LogP) is 1.16. The lowest BCUT2D eigenvalue weighted by Crippen LogP contribution is -2.51.